The summed E-state index contributed by atoms with van der Waals surface area (Å²) in [5.74, 6) is 1.48. The summed E-state index contributed by atoms with van der Waals surface area (Å²) in [7, 11) is 1.66. The Balaban J connectivity index is 1.54. The second kappa shape index (κ2) is 8.55. The second-order valence-electron chi connectivity index (χ2n) is 6.71. The number of ether oxygens (including phenoxy) is 1. The summed E-state index contributed by atoms with van der Waals surface area (Å²) in [4.78, 5) is 1.13. The molecule has 3 aromatic carbocycles. The molecule has 0 amide bonds. The Labute approximate surface area is 169 Å². The van der Waals surface area contributed by atoms with Gasteiger partial charge in [0.1, 0.15) is 5.75 Å². The second-order valence-corrected chi connectivity index (χ2v) is 7.80. The largest absolute Gasteiger partial charge is 0.497 e. The normalized spacial score (nSPS) is 12.2. The van der Waals surface area contributed by atoms with Crippen molar-refractivity contribution in [2.45, 2.75) is 17.5 Å². The number of para-hydroxylation sites is 1. The van der Waals surface area contributed by atoms with Gasteiger partial charge in [0.25, 0.3) is 0 Å². The smallest absolute Gasteiger partial charge is 0.118 e. The van der Waals surface area contributed by atoms with E-state index in [1.807, 2.05) is 48.5 Å². The van der Waals surface area contributed by atoms with Gasteiger partial charge in [-0.2, -0.15) is 0 Å². The molecular formula is C24H23NO2S. The number of aliphatic hydroxyl groups excluding tert-OH is 1. The van der Waals surface area contributed by atoms with E-state index in [1.165, 1.54) is 5.39 Å². The third kappa shape index (κ3) is 4.08. The average molecular weight is 390 g/mol. The van der Waals surface area contributed by atoms with Gasteiger partial charge < -0.3 is 14.4 Å². The van der Waals surface area contributed by atoms with E-state index in [4.69, 9.17) is 4.74 Å². The molecule has 0 aliphatic heterocycles. The lowest BCUT2D eigenvalue weighted by Crippen LogP contribution is -2.19. The number of benzene rings is 3. The summed E-state index contributed by atoms with van der Waals surface area (Å²) in [6.07, 6.45) is -0.453. The first-order valence-corrected chi connectivity index (χ1v) is 10.3. The standard InChI is InChI=1S/C24H23NO2S/c1-27-21-11-13-22(14-12-21)28-17-20(26)16-25-23-10-6-5-9-19(23)15-24(25)18-7-3-2-4-8-18/h2-15,20,26H,16-17H2,1H3. The number of methoxy groups -OCH3 is 1. The Morgan fingerprint density at radius 1 is 0.929 bits per heavy atom. The fourth-order valence-corrected chi connectivity index (χ4v) is 4.20. The van der Waals surface area contributed by atoms with Crippen LogP contribution in [0.25, 0.3) is 22.2 Å². The summed E-state index contributed by atoms with van der Waals surface area (Å²) in [5.41, 5.74) is 3.44. The molecule has 28 heavy (non-hydrogen) atoms. The maximum absolute atomic E-state index is 10.7. The van der Waals surface area contributed by atoms with Crippen molar-refractivity contribution in [1.29, 1.82) is 0 Å². The molecule has 0 fully saturated rings. The van der Waals surface area contributed by atoms with Crippen LogP contribution >= 0.6 is 11.8 Å². The third-order valence-electron chi connectivity index (χ3n) is 4.78. The van der Waals surface area contributed by atoms with Gasteiger partial charge in [0.05, 0.1) is 13.2 Å². The maximum Gasteiger partial charge on any atom is 0.118 e. The monoisotopic (exact) mass is 389 g/mol. The molecular weight excluding hydrogens is 366 g/mol. The van der Waals surface area contributed by atoms with E-state index in [0.29, 0.717) is 12.3 Å². The zero-order valence-corrected chi connectivity index (χ0v) is 16.6. The lowest BCUT2D eigenvalue weighted by molar-refractivity contribution is 0.180. The van der Waals surface area contributed by atoms with Crippen molar-refractivity contribution in [1.82, 2.24) is 4.57 Å². The van der Waals surface area contributed by atoms with E-state index in [9.17, 15) is 5.11 Å². The fraction of sp³-hybridized carbons (Fsp3) is 0.167. The molecule has 0 saturated carbocycles. The highest BCUT2D eigenvalue weighted by Gasteiger charge is 2.14. The molecule has 1 N–H and O–H groups in total. The number of aliphatic hydroxyl groups is 1. The Morgan fingerprint density at radius 3 is 2.39 bits per heavy atom. The first-order chi connectivity index (χ1) is 13.7. The van der Waals surface area contributed by atoms with Gasteiger partial charge in [-0.1, -0.05) is 48.5 Å². The number of fused-ring (bicyclic) bond motifs is 1. The SMILES string of the molecule is COc1ccc(SCC(O)Cn2c(-c3ccccc3)cc3ccccc32)cc1. The predicted molar refractivity (Wildman–Crippen MR) is 117 cm³/mol. The molecule has 0 aliphatic carbocycles. The molecule has 0 radical (unpaired) electrons. The summed E-state index contributed by atoms with van der Waals surface area (Å²) >= 11 is 1.66. The minimum absolute atomic E-state index is 0.453. The average Bonchev–Trinajstić information content (AvgIpc) is 3.12. The third-order valence-corrected chi connectivity index (χ3v) is 5.93. The number of hydrogen-bond donors (Lipinski definition) is 1. The van der Waals surface area contributed by atoms with Crippen molar-refractivity contribution in [3.63, 3.8) is 0 Å². The first-order valence-electron chi connectivity index (χ1n) is 9.33. The quantitative estimate of drug-likeness (QED) is 0.426. The highest BCUT2D eigenvalue weighted by molar-refractivity contribution is 7.99. The molecule has 4 rings (SSSR count). The van der Waals surface area contributed by atoms with Gasteiger partial charge in [0.2, 0.25) is 0 Å². The molecule has 0 bridgehead atoms. The van der Waals surface area contributed by atoms with Crippen molar-refractivity contribution in [2.75, 3.05) is 12.9 Å². The molecule has 0 spiro atoms. The van der Waals surface area contributed by atoms with E-state index in [0.717, 1.165) is 27.4 Å². The van der Waals surface area contributed by atoms with E-state index in [-0.39, 0.29) is 0 Å². The summed E-state index contributed by atoms with van der Waals surface area (Å²) in [6, 6.07) is 28.8. The highest BCUT2D eigenvalue weighted by atomic mass is 32.2. The molecule has 4 heteroatoms. The van der Waals surface area contributed by atoms with Crippen LogP contribution in [-0.4, -0.2) is 28.6 Å². The van der Waals surface area contributed by atoms with Crippen LogP contribution in [0.2, 0.25) is 0 Å². The maximum atomic E-state index is 10.7. The van der Waals surface area contributed by atoms with Crippen LogP contribution in [0.1, 0.15) is 0 Å². The number of rotatable bonds is 7. The van der Waals surface area contributed by atoms with Crippen LogP contribution < -0.4 is 4.74 Å². The van der Waals surface area contributed by atoms with Crippen molar-refractivity contribution < 1.29 is 9.84 Å². The van der Waals surface area contributed by atoms with Crippen molar-refractivity contribution >= 4 is 22.7 Å². The van der Waals surface area contributed by atoms with Crippen LogP contribution in [0.5, 0.6) is 5.75 Å². The Kier molecular flexibility index (Phi) is 5.70. The Bertz CT molecular complexity index is 1040. The topological polar surface area (TPSA) is 34.4 Å². The number of nitrogens with zero attached hydrogens (tertiary/aromatic N) is 1. The summed E-state index contributed by atoms with van der Waals surface area (Å²) in [6.45, 7) is 0.556. The van der Waals surface area contributed by atoms with E-state index < -0.39 is 6.10 Å². The lowest BCUT2D eigenvalue weighted by atomic mass is 10.1. The van der Waals surface area contributed by atoms with Gasteiger partial charge in [0.15, 0.2) is 0 Å². The Morgan fingerprint density at radius 2 is 1.64 bits per heavy atom. The van der Waals surface area contributed by atoms with Crippen molar-refractivity contribution in [2.24, 2.45) is 0 Å². The molecule has 1 unspecified atom stereocenters. The molecule has 1 heterocycles. The summed E-state index contributed by atoms with van der Waals surface area (Å²) in [5, 5.41) is 11.9. The van der Waals surface area contributed by atoms with Crippen LogP contribution in [0, 0.1) is 0 Å². The molecule has 0 aliphatic rings. The lowest BCUT2D eigenvalue weighted by Gasteiger charge is -2.16. The van der Waals surface area contributed by atoms with Crippen molar-refractivity contribution in [3.05, 3.63) is 84.9 Å². The highest BCUT2D eigenvalue weighted by Crippen LogP contribution is 2.29. The molecule has 4 aromatic rings. The first kappa shape index (κ1) is 18.7. The van der Waals surface area contributed by atoms with E-state index in [2.05, 4.69) is 41.0 Å². The summed E-state index contributed by atoms with van der Waals surface area (Å²) < 4.78 is 7.43. The minimum Gasteiger partial charge on any atom is -0.497 e. The van der Waals surface area contributed by atoms with Gasteiger partial charge >= 0.3 is 0 Å². The molecule has 1 aromatic heterocycles. The Hall–Kier alpha value is -2.69. The van der Waals surface area contributed by atoms with E-state index in [1.54, 1.807) is 18.9 Å². The van der Waals surface area contributed by atoms with Gasteiger partial charge in [-0.3, -0.25) is 0 Å². The van der Waals surface area contributed by atoms with Crippen LogP contribution in [0.15, 0.2) is 89.8 Å². The van der Waals surface area contributed by atoms with Gasteiger partial charge in [0, 0.05) is 33.8 Å². The number of hydrogen-bond acceptors (Lipinski definition) is 3. The zero-order valence-electron chi connectivity index (χ0n) is 15.8. The number of aromatic nitrogens is 1. The molecule has 1 atom stereocenters. The minimum atomic E-state index is -0.453. The molecule has 3 nitrogen and oxygen atoms in total. The van der Waals surface area contributed by atoms with Crippen LogP contribution in [0.4, 0.5) is 0 Å². The van der Waals surface area contributed by atoms with Crippen LogP contribution in [0.3, 0.4) is 0 Å². The van der Waals surface area contributed by atoms with Gasteiger partial charge in [-0.15, -0.1) is 11.8 Å². The van der Waals surface area contributed by atoms with E-state index >= 15 is 0 Å². The molecule has 142 valence electrons. The predicted octanol–water partition coefficient (Wildman–Crippen LogP) is 5.47. The van der Waals surface area contributed by atoms with Crippen molar-refractivity contribution in [3.8, 4) is 17.0 Å². The van der Waals surface area contributed by atoms with Crippen LogP contribution in [-0.2, 0) is 6.54 Å². The van der Waals surface area contributed by atoms with Gasteiger partial charge in [-0.25, -0.2) is 0 Å². The van der Waals surface area contributed by atoms with Gasteiger partial charge in [-0.05, 0) is 42.0 Å². The number of thioether (sulfide) groups is 1. The molecule has 0 saturated heterocycles. The fourth-order valence-electron chi connectivity index (χ4n) is 3.38. The zero-order chi connectivity index (χ0) is 19.3.